The Balaban J connectivity index is 3.26. The van der Waals surface area contributed by atoms with Gasteiger partial charge in [-0.2, -0.15) is 11.1 Å². The largest absolute Gasteiger partial charge is 0.194 e. The van der Waals surface area contributed by atoms with Gasteiger partial charge in [-0.3, -0.25) is 0 Å². The highest BCUT2D eigenvalue weighted by atomic mass is 35.6. The van der Waals surface area contributed by atoms with E-state index in [2.05, 4.69) is 65.0 Å². The number of hydrogen-bond donors (Lipinski definition) is 0. The van der Waals surface area contributed by atoms with Crippen LogP contribution in [0.2, 0.25) is 10.6 Å². The van der Waals surface area contributed by atoms with Gasteiger partial charge in [0.2, 0.25) is 0 Å². The van der Waals surface area contributed by atoms with Gasteiger partial charge in [0.1, 0.15) is 0 Å². The number of rotatable bonds is 2. The zero-order chi connectivity index (χ0) is 11.7. The van der Waals surface area contributed by atoms with Crippen LogP contribution in [-0.4, -0.2) is 7.38 Å². The molecular formula is C13H21ClSi. The molecule has 0 radical (unpaired) electrons. The second-order valence-corrected chi connectivity index (χ2v) is 11.9. The van der Waals surface area contributed by atoms with E-state index in [0.717, 1.165) is 0 Å². The van der Waals surface area contributed by atoms with Crippen LogP contribution >= 0.6 is 11.1 Å². The van der Waals surface area contributed by atoms with Crippen molar-refractivity contribution in [2.24, 2.45) is 0 Å². The summed E-state index contributed by atoms with van der Waals surface area (Å²) in [4.78, 5) is 0. The van der Waals surface area contributed by atoms with Crippen LogP contribution in [0.1, 0.15) is 34.6 Å². The van der Waals surface area contributed by atoms with E-state index >= 15 is 0 Å². The third-order valence-corrected chi connectivity index (χ3v) is 11.7. The average Bonchev–Trinajstić information content (AvgIpc) is 2.16. The van der Waals surface area contributed by atoms with Gasteiger partial charge in [0.25, 0.3) is 0 Å². The van der Waals surface area contributed by atoms with Gasteiger partial charge in [0, 0.05) is 0 Å². The summed E-state index contributed by atoms with van der Waals surface area (Å²) in [6.07, 6.45) is 0. The molecule has 84 valence electrons. The maximum absolute atomic E-state index is 7.01. The Hall–Kier alpha value is -0.273. The fraction of sp³-hybridized carbons (Fsp3) is 0.538. The molecule has 0 saturated heterocycles. The lowest BCUT2D eigenvalue weighted by molar-refractivity contribution is 0.716. The highest BCUT2D eigenvalue weighted by molar-refractivity contribution is 7.29. The summed E-state index contributed by atoms with van der Waals surface area (Å²) in [5.74, 6) is 0. The van der Waals surface area contributed by atoms with E-state index in [4.69, 9.17) is 11.1 Å². The molecule has 0 aromatic heterocycles. The Labute approximate surface area is 99.4 Å². The quantitative estimate of drug-likeness (QED) is 0.535. The van der Waals surface area contributed by atoms with Crippen LogP contribution in [0.15, 0.2) is 30.3 Å². The van der Waals surface area contributed by atoms with Crippen LogP contribution in [0.25, 0.3) is 0 Å². The third-order valence-electron chi connectivity index (χ3n) is 3.08. The predicted molar refractivity (Wildman–Crippen MR) is 72.5 cm³/mol. The highest BCUT2D eigenvalue weighted by Gasteiger charge is 2.47. The maximum Gasteiger partial charge on any atom is 0.194 e. The minimum atomic E-state index is -1.93. The minimum Gasteiger partial charge on any atom is -0.160 e. The lowest BCUT2D eigenvalue weighted by Crippen LogP contribution is -2.52. The van der Waals surface area contributed by atoms with Gasteiger partial charge in [-0.05, 0) is 15.8 Å². The molecule has 0 nitrogen and oxygen atoms in total. The van der Waals surface area contributed by atoms with Gasteiger partial charge in [-0.15, -0.1) is 0 Å². The molecule has 0 saturated carbocycles. The summed E-state index contributed by atoms with van der Waals surface area (Å²) in [6.45, 7) is 11.3. The summed E-state index contributed by atoms with van der Waals surface area (Å²) >= 11 is 7.01. The van der Waals surface area contributed by atoms with Gasteiger partial charge in [0.15, 0.2) is 7.38 Å². The Morgan fingerprint density at radius 1 is 1.07 bits per heavy atom. The van der Waals surface area contributed by atoms with Crippen LogP contribution in [-0.2, 0) is 0 Å². The molecule has 0 aliphatic carbocycles. The summed E-state index contributed by atoms with van der Waals surface area (Å²) in [5.41, 5.74) is 0.543. The molecule has 0 aliphatic rings. The van der Waals surface area contributed by atoms with Gasteiger partial charge < -0.3 is 0 Å². The van der Waals surface area contributed by atoms with Gasteiger partial charge >= 0.3 is 0 Å². The standard InChI is InChI=1S/C13H21ClSi/c1-11(2)15(14,13(3,4)5)12-9-7-6-8-10-12/h6-11H,1-5H3. The molecule has 0 N–H and O–H groups in total. The second kappa shape index (κ2) is 4.30. The fourth-order valence-corrected chi connectivity index (χ4v) is 6.63. The van der Waals surface area contributed by atoms with E-state index in [1.165, 1.54) is 5.19 Å². The molecular weight excluding hydrogens is 220 g/mol. The van der Waals surface area contributed by atoms with Crippen molar-refractivity contribution < 1.29 is 0 Å². The van der Waals surface area contributed by atoms with Gasteiger partial charge in [0.05, 0.1) is 0 Å². The smallest absolute Gasteiger partial charge is 0.160 e. The van der Waals surface area contributed by atoms with Crippen LogP contribution in [0.4, 0.5) is 0 Å². The molecule has 0 spiro atoms. The first-order valence-corrected chi connectivity index (χ1v) is 8.63. The molecule has 0 aliphatic heterocycles. The van der Waals surface area contributed by atoms with Crippen LogP contribution in [0, 0.1) is 0 Å². The van der Waals surface area contributed by atoms with Crippen molar-refractivity contribution in [2.75, 3.05) is 0 Å². The van der Waals surface area contributed by atoms with Crippen molar-refractivity contribution in [1.82, 2.24) is 0 Å². The predicted octanol–water partition coefficient (Wildman–Crippen LogP) is 4.29. The SMILES string of the molecule is CC(C)[Si](Cl)(c1ccccc1)C(C)(C)C. The van der Waals surface area contributed by atoms with E-state index < -0.39 is 7.38 Å². The van der Waals surface area contributed by atoms with E-state index in [-0.39, 0.29) is 5.04 Å². The molecule has 0 bridgehead atoms. The number of halogens is 1. The lowest BCUT2D eigenvalue weighted by atomic mass is 10.2. The monoisotopic (exact) mass is 240 g/mol. The van der Waals surface area contributed by atoms with Gasteiger partial charge in [-0.25, -0.2) is 0 Å². The molecule has 1 rings (SSSR count). The first-order valence-electron chi connectivity index (χ1n) is 5.54. The third kappa shape index (κ3) is 2.29. The van der Waals surface area contributed by atoms with Crippen molar-refractivity contribution >= 4 is 23.6 Å². The molecule has 2 heteroatoms. The Morgan fingerprint density at radius 2 is 1.53 bits per heavy atom. The van der Waals surface area contributed by atoms with Crippen molar-refractivity contribution in [2.45, 2.75) is 45.2 Å². The molecule has 0 fully saturated rings. The molecule has 1 atom stereocenters. The summed E-state index contributed by atoms with van der Waals surface area (Å²) < 4.78 is 0. The van der Waals surface area contributed by atoms with Crippen molar-refractivity contribution in [3.8, 4) is 0 Å². The van der Waals surface area contributed by atoms with Crippen LogP contribution in [0.5, 0.6) is 0 Å². The summed E-state index contributed by atoms with van der Waals surface area (Å²) in [6, 6.07) is 10.6. The number of benzene rings is 1. The zero-order valence-electron chi connectivity index (χ0n) is 10.3. The fourth-order valence-electron chi connectivity index (χ4n) is 2.31. The molecule has 0 amide bonds. The van der Waals surface area contributed by atoms with Crippen molar-refractivity contribution in [3.63, 3.8) is 0 Å². The normalized spacial score (nSPS) is 16.5. The second-order valence-electron chi connectivity index (χ2n) is 5.48. The van der Waals surface area contributed by atoms with Gasteiger partial charge in [-0.1, -0.05) is 65.0 Å². The van der Waals surface area contributed by atoms with E-state index in [1.54, 1.807) is 0 Å². The zero-order valence-corrected chi connectivity index (χ0v) is 12.1. The first-order chi connectivity index (χ1) is 6.80. The first kappa shape index (κ1) is 12.8. The molecule has 1 aromatic rings. The van der Waals surface area contributed by atoms with Crippen LogP contribution in [0.3, 0.4) is 0 Å². The molecule has 0 heterocycles. The minimum absolute atomic E-state index is 0.185. The Morgan fingerprint density at radius 3 is 1.87 bits per heavy atom. The Kier molecular flexibility index (Phi) is 3.67. The average molecular weight is 241 g/mol. The molecule has 1 unspecified atom stereocenters. The molecule has 15 heavy (non-hydrogen) atoms. The number of hydrogen-bond acceptors (Lipinski definition) is 0. The van der Waals surface area contributed by atoms with E-state index in [0.29, 0.717) is 5.54 Å². The summed E-state index contributed by atoms with van der Waals surface area (Å²) in [7, 11) is -1.93. The maximum atomic E-state index is 7.01. The van der Waals surface area contributed by atoms with Crippen LogP contribution < -0.4 is 5.19 Å². The highest BCUT2D eigenvalue weighted by Crippen LogP contribution is 2.45. The lowest BCUT2D eigenvalue weighted by Gasteiger charge is -2.41. The Bertz CT molecular complexity index is 313. The topological polar surface area (TPSA) is 0 Å². The van der Waals surface area contributed by atoms with E-state index in [9.17, 15) is 0 Å². The summed E-state index contributed by atoms with van der Waals surface area (Å²) in [5, 5.41) is 1.54. The van der Waals surface area contributed by atoms with E-state index in [1.807, 2.05) is 0 Å². The van der Waals surface area contributed by atoms with Crippen molar-refractivity contribution in [3.05, 3.63) is 30.3 Å². The van der Waals surface area contributed by atoms with Crippen molar-refractivity contribution in [1.29, 1.82) is 0 Å². The molecule has 1 aromatic carbocycles.